The van der Waals surface area contributed by atoms with Crippen molar-refractivity contribution in [2.24, 2.45) is 0 Å². The van der Waals surface area contributed by atoms with Gasteiger partial charge in [-0.2, -0.15) is 0 Å². The summed E-state index contributed by atoms with van der Waals surface area (Å²) in [6, 6.07) is 4.05. The van der Waals surface area contributed by atoms with Crippen LogP contribution in [0.25, 0.3) is 11.1 Å². The van der Waals surface area contributed by atoms with Crippen molar-refractivity contribution in [2.45, 2.75) is 26.7 Å². The smallest absolute Gasteiger partial charge is 0.192 e. The zero-order valence-electron chi connectivity index (χ0n) is 9.50. The molecule has 1 aromatic heterocycles. The van der Waals surface area contributed by atoms with Crippen molar-refractivity contribution in [1.29, 1.82) is 0 Å². The van der Waals surface area contributed by atoms with Crippen LogP contribution in [0.4, 0.5) is 0 Å². The van der Waals surface area contributed by atoms with Crippen molar-refractivity contribution in [1.82, 2.24) is 4.98 Å². The Bertz CT molecular complexity index is 486. The van der Waals surface area contributed by atoms with E-state index in [4.69, 9.17) is 9.15 Å². The van der Waals surface area contributed by atoms with E-state index in [0.29, 0.717) is 11.8 Å². The summed E-state index contributed by atoms with van der Waals surface area (Å²) in [7, 11) is 1.66. The molecule has 0 aliphatic rings. The fourth-order valence-corrected chi connectivity index (χ4v) is 1.62. The Hall–Kier alpha value is -1.51. The van der Waals surface area contributed by atoms with Crippen molar-refractivity contribution < 1.29 is 9.15 Å². The summed E-state index contributed by atoms with van der Waals surface area (Å²) in [5, 5.41) is 0. The number of fused-ring (bicyclic) bond motifs is 1. The standard InChI is InChI=1S/C12H15NO2/c1-7(2)9-5-10(14-4)12-11(6-9)15-8(3)13-12/h5-7H,1-4H3. The fourth-order valence-electron chi connectivity index (χ4n) is 1.62. The van der Waals surface area contributed by atoms with Gasteiger partial charge in [0.05, 0.1) is 7.11 Å². The van der Waals surface area contributed by atoms with E-state index in [0.717, 1.165) is 16.8 Å². The van der Waals surface area contributed by atoms with Gasteiger partial charge in [-0.3, -0.25) is 0 Å². The molecule has 3 nitrogen and oxygen atoms in total. The largest absolute Gasteiger partial charge is 0.494 e. The van der Waals surface area contributed by atoms with Gasteiger partial charge in [-0.1, -0.05) is 13.8 Å². The minimum Gasteiger partial charge on any atom is -0.494 e. The number of ether oxygens (including phenoxy) is 1. The Morgan fingerprint density at radius 2 is 2.07 bits per heavy atom. The van der Waals surface area contributed by atoms with Crippen LogP contribution >= 0.6 is 0 Å². The highest BCUT2D eigenvalue weighted by atomic mass is 16.5. The van der Waals surface area contributed by atoms with Crippen LogP contribution in [0, 0.1) is 6.92 Å². The lowest BCUT2D eigenvalue weighted by Crippen LogP contribution is -1.91. The van der Waals surface area contributed by atoms with E-state index in [1.54, 1.807) is 7.11 Å². The molecule has 0 radical (unpaired) electrons. The van der Waals surface area contributed by atoms with Gasteiger partial charge in [0.1, 0.15) is 5.75 Å². The third kappa shape index (κ3) is 1.69. The van der Waals surface area contributed by atoms with E-state index in [1.165, 1.54) is 5.56 Å². The molecule has 2 aromatic rings. The van der Waals surface area contributed by atoms with Gasteiger partial charge in [-0.05, 0) is 23.6 Å². The highest BCUT2D eigenvalue weighted by molar-refractivity contribution is 5.80. The van der Waals surface area contributed by atoms with E-state index >= 15 is 0 Å². The predicted molar refractivity (Wildman–Crippen MR) is 59.4 cm³/mol. The highest BCUT2D eigenvalue weighted by Gasteiger charge is 2.11. The van der Waals surface area contributed by atoms with Gasteiger partial charge >= 0.3 is 0 Å². The molecule has 2 rings (SSSR count). The molecular weight excluding hydrogens is 190 g/mol. The van der Waals surface area contributed by atoms with Crippen molar-refractivity contribution in [3.63, 3.8) is 0 Å². The van der Waals surface area contributed by atoms with Crippen LogP contribution in [0.2, 0.25) is 0 Å². The molecule has 0 fully saturated rings. The topological polar surface area (TPSA) is 35.3 Å². The normalized spacial score (nSPS) is 11.3. The summed E-state index contributed by atoms with van der Waals surface area (Å²) >= 11 is 0. The molecule has 0 saturated carbocycles. The van der Waals surface area contributed by atoms with Gasteiger partial charge in [0, 0.05) is 6.92 Å². The van der Waals surface area contributed by atoms with Gasteiger partial charge in [-0.15, -0.1) is 0 Å². The monoisotopic (exact) mass is 205 g/mol. The summed E-state index contributed by atoms with van der Waals surface area (Å²) in [6.07, 6.45) is 0. The van der Waals surface area contributed by atoms with Crippen molar-refractivity contribution >= 4 is 11.1 Å². The number of aryl methyl sites for hydroxylation is 1. The van der Waals surface area contributed by atoms with Crippen LogP contribution in [-0.2, 0) is 0 Å². The quantitative estimate of drug-likeness (QED) is 0.754. The van der Waals surface area contributed by atoms with Crippen molar-refractivity contribution in [3.05, 3.63) is 23.6 Å². The first-order valence-corrected chi connectivity index (χ1v) is 5.07. The SMILES string of the molecule is COc1cc(C(C)C)cc2oc(C)nc12. The first-order chi connectivity index (χ1) is 7.11. The van der Waals surface area contributed by atoms with Crippen molar-refractivity contribution in [2.75, 3.05) is 7.11 Å². The lowest BCUT2D eigenvalue weighted by Gasteiger charge is -2.07. The summed E-state index contributed by atoms with van der Waals surface area (Å²) < 4.78 is 10.8. The molecule has 80 valence electrons. The second-order valence-electron chi connectivity index (χ2n) is 3.96. The third-order valence-corrected chi connectivity index (χ3v) is 2.48. The lowest BCUT2D eigenvalue weighted by molar-refractivity contribution is 0.418. The number of nitrogens with zero attached hydrogens (tertiary/aromatic N) is 1. The van der Waals surface area contributed by atoms with Gasteiger partial charge in [0.15, 0.2) is 17.0 Å². The molecule has 0 bridgehead atoms. The molecular formula is C12H15NO2. The average Bonchev–Trinajstić information content (AvgIpc) is 2.56. The molecule has 3 heteroatoms. The number of hydrogen-bond acceptors (Lipinski definition) is 3. The Kier molecular flexibility index (Phi) is 2.39. The Labute approximate surface area is 89.1 Å². The van der Waals surface area contributed by atoms with E-state index in [1.807, 2.05) is 19.1 Å². The van der Waals surface area contributed by atoms with Gasteiger partial charge in [-0.25, -0.2) is 4.98 Å². The van der Waals surface area contributed by atoms with Crippen LogP contribution in [0.1, 0.15) is 31.2 Å². The minimum absolute atomic E-state index is 0.453. The molecule has 0 aliphatic heterocycles. The summed E-state index contributed by atoms with van der Waals surface area (Å²) in [6.45, 7) is 6.13. The first-order valence-electron chi connectivity index (χ1n) is 5.07. The molecule has 15 heavy (non-hydrogen) atoms. The molecule has 0 saturated heterocycles. The molecule has 0 amide bonds. The lowest BCUT2D eigenvalue weighted by atomic mass is 10.0. The fraction of sp³-hybridized carbons (Fsp3) is 0.417. The number of aromatic nitrogens is 1. The van der Waals surface area contributed by atoms with Gasteiger partial charge < -0.3 is 9.15 Å². The zero-order chi connectivity index (χ0) is 11.0. The third-order valence-electron chi connectivity index (χ3n) is 2.48. The maximum Gasteiger partial charge on any atom is 0.192 e. The first kappa shape index (κ1) is 10.0. The number of methoxy groups -OCH3 is 1. The highest BCUT2D eigenvalue weighted by Crippen LogP contribution is 2.30. The van der Waals surface area contributed by atoms with E-state index in [-0.39, 0.29) is 0 Å². The Morgan fingerprint density at radius 1 is 1.33 bits per heavy atom. The molecule has 1 heterocycles. The summed E-state index contributed by atoms with van der Waals surface area (Å²) in [5.74, 6) is 1.91. The van der Waals surface area contributed by atoms with Gasteiger partial charge in [0.25, 0.3) is 0 Å². The van der Waals surface area contributed by atoms with Gasteiger partial charge in [0.2, 0.25) is 0 Å². The zero-order valence-corrected chi connectivity index (χ0v) is 9.50. The van der Waals surface area contributed by atoms with Crippen LogP contribution < -0.4 is 4.74 Å². The summed E-state index contributed by atoms with van der Waals surface area (Å²) in [4.78, 5) is 4.29. The molecule has 0 unspecified atom stereocenters. The summed E-state index contributed by atoms with van der Waals surface area (Å²) in [5.41, 5.74) is 2.81. The molecule has 0 aliphatic carbocycles. The second kappa shape index (κ2) is 3.57. The molecule has 1 aromatic carbocycles. The average molecular weight is 205 g/mol. The van der Waals surface area contributed by atoms with Crippen LogP contribution in [0.3, 0.4) is 0 Å². The predicted octanol–water partition coefficient (Wildman–Crippen LogP) is 3.27. The maximum absolute atomic E-state index is 5.51. The minimum atomic E-state index is 0.453. The molecule has 0 N–H and O–H groups in total. The molecule has 0 spiro atoms. The molecule has 0 atom stereocenters. The van der Waals surface area contributed by atoms with E-state index < -0.39 is 0 Å². The Morgan fingerprint density at radius 3 is 2.67 bits per heavy atom. The Balaban J connectivity index is 2.70. The second-order valence-corrected chi connectivity index (χ2v) is 3.96. The number of oxazole rings is 1. The van der Waals surface area contributed by atoms with Crippen LogP contribution in [0.5, 0.6) is 5.75 Å². The maximum atomic E-state index is 5.51. The number of benzene rings is 1. The van der Waals surface area contributed by atoms with E-state index in [9.17, 15) is 0 Å². The van der Waals surface area contributed by atoms with Crippen LogP contribution in [0.15, 0.2) is 16.5 Å². The van der Waals surface area contributed by atoms with Crippen LogP contribution in [-0.4, -0.2) is 12.1 Å². The van der Waals surface area contributed by atoms with E-state index in [2.05, 4.69) is 18.8 Å². The number of rotatable bonds is 2. The number of hydrogen-bond donors (Lipinski definition) is 0. The van der Waals surface area contributed by atoms with Crippen molar-refractivity contribution in [3.8, 4) is 5.75 Å².